The standard InChI is InChI=1S/C25H34O6/c1-4-5-20-25(19(29)13-26)21(31-30-20)11-17-16-7-6-14-10-15(27)8-9-23(14,2)22(16)18(28)12-24(17,25)3/h8-10,16-18,20-22,26,28H,4-7,11-13H2,1-3H3/t16-,17-,18-,20?,21+,22+,23-,24-,25+/m0/s1. The van der Waals surface area contributed by atoms with Crippen LogP contribution in [0.4, 0.5) is 0 Å². The van der Waals surface area contributed by atoms with Crippen molar-refractivity contribution in [1.29, 1.82) is 0 Å². The lowest BCUT2D eigenvalue weighted by molar-refractivity contribution is -0.302. The van der Waals surface area contributed by atoms with Crippen molar-refractivity contribution < 1.29 is 29.6 Å². The van der Waals surface area contributed by atoms with Crippen LogP contribution in [0.3, 0.4) is 0 Å². The summed E-state index contributed by atoms with van der Waals surface area (Å²) in [6, 6.07) is 0. The SMILES string of the molecule is CCCC1OO[C@@H]2C[C@H]3[C@@H]4CCC5=CC(=O)C=C[C@]5(C)[C@H]4[C@@H](O)C[C@]3(C)[C@]12C(=O)CO. The second kappa shape index (κ2) is 7.08. The molecule has 4 aliphatic carbocycles. The van der Waals surface area contributed by atoms with Gasteiger partial charge in [0, 0.05) is 11.3 Å². The molecule has 31 heavy (non-hydrogen) atoms. The third-order valence-electron chi connectivity index (χ3n) is 9.76. The van der Waals surface area contributed by atoms with E-state index in [0.29, 0.717) is 19.3 Å². The van der Waals surface area contributed by atoms with Gasteiger partial charge < -0.3 is 10.2 Å². The number of Topliss-reactive ketones (excluding diaryl/α,β-unsaturated/α-hetero) is 1. The summed E-state index contributed by atoms with van der Waals surface area (Å²) in [6.07, 6.45) is 8.42. The zero-order chi connectivity index (χ0) is 22.2. The number of hydrogen-bond acceptors (Lipinski definition) is 6. The third kappa shape index (κ3) is 2.53. The van der Waals surface area contributed by atoms with Gasteiger partial charge in [-0.05, 0) is 61.5 Å². The third-order valence-corrected chi connectivity index (χ3v) is 9.76. The van der Waals surface area contributed by atoms with Crippen molar-refractivity contribution in [3.8, 4) is 0 Å². The quantitative estimate of drug-likeness (QED) is 0.666. The topological polar surface area (TPSA) is 93.1 Å². The van der Waals surface area contributed by atoms with E-state index < -0.39 is 35.7 Å². The molecule has 1 unspecified atom stereocenters. The minimum Gasteiger partial charge on any atom is -0.393 e. The Morgan fingerprint density at radius 2 is 2.06 bits per heavy atom. The van der Waals surface area contributed by atoms with Crippen molar-refractivity contribution in [3.63, 3.8) is 0 Å². The monoisotopic (exact) mass is 430 g/mol. The van der Waals surface area contributed by atoms with E-state index in [2.05, 4.69) is 20.8 Å². The molecule has 0 radical (unpaired) electrons. The van der Waals surface area contributed by atoms with Gasteiger partial charge >= 0.3 is 0 Å². The normalized spacial score (nSPS) is 50.4. The lowest BCUT2D eigenvalue weighted by Crippen LogP contribution is -2.62. The predicted molar refractivity (Wildman–Crippen MR) is 113 cm³/mol. The van der Waals surface area contributed by atoms with Crippen LogP contribution < -0.4 is 0 Å². The molecule has 0 aromatic heterocycles. The summed E-state index contributed by atoms with van der Waals surface area (Å²) in [4.78, 5) is 36.9. The second-order valence-electron chi connectivity index (χ2n) is 10.9. The van der Waals surface area contributed by atoms with E-state index in [-0.39, 0.29) is 34.7 Å². The Labute approximate surface area is 183 Å². The summed E-state index contributed by atoms with van der Waals surface area (Å²) in [5, 5.41) is 21.6. The number of hydrogen-bond donors (Lipinski definition) is 2. The van der Waals surface area contributed by atoms with E-state index in [1.54, 1.807) is 12.2 Å². The fourth-order valence-electron chi connectivity index (χ4n) is 8.61. The highest BCUT2D eigenvalue weighted by molar-refractivity contribution is 6.01. The van der Waals surface area contributed by atoms with Crippen LogP contribution in [-0.4, -0.2) is 46.7 Å². The molecule has 170 valence electrons. The van der Waals surface area contributed by atoms with Gasteiger partial charge in [0.05, 0.1) is 11.5 Å². The van der Waals surface area contributed by atoms with E-state index in [1.165, 1.54) is 0 Å². The summed E-state index contributed by atoms with van der Waals surface area (Å²) < 4.78 is 0. The van der Waals surface area contributed by atoms with Gasteiger partial charge in [0.25, 0.3) is 0 Å². The van der Waals surface area contributed by atoms with Crippen LogP contribution in [0.1, 0.15) is 59.3 Å². The molecule has 1 aliphatic heterocycles. The highest BCUT2D eigenvalue weighted by atomic mass is 17.2. The number of rotatable bonds is 4. The fourth-order valence-corrected chi connectivity index (χ4v) is 8.61. The van der Waals surface area contributed by atoms with E-state index in [1.807, 2.05) is 6.08 Å². The number of fused-ring (bicyclic) bond motifs is 7. The van der Waals surface area contributed by atoms with Crippen LogP contribution in [0.2, 0.25) is 0 Å². The Morgan fingerprint density at radius 3 is 2.77 bits per heavy atom. The number of carbonyl (C=O) groups is 2. The molecule has 0 amide bonds. The first-order chi connectivity index (χ1) is 14.7. The van der Waals surface area contributed by atoms with Crippen LogP contribution in [0.25, 0.3) is 0 Å². The van der Waals surface area contributed by atoms with E-state index >= 15 is 0 Å². The van der Waals surface area contributed by atoms with Gasteiger partial charge in [0.2, 0.25) is 0 Å². The Morgan fingerprint density at radius 1 is 1.29 bits per heavy atom. The Hall–Kier alpha value is -1.34. The Bertz CT molecular complexity index is 860. The van der Waals surface area contributed by atoms with Crippen LogP contribution in [0, 0.1) is 34.0 Å². The Balaban J connectivity index is 1.60. The maximum atomic E-state index is 13.4. The number of aliphatic hydroxyl groups excluding tert-OH is 2. The second-order valence-corrected chi connectivity index (χ2v) is 10.9. The molecule has 6 heteroatoms. The molecule has 4 fully saturated rings. The summed E-state index contributed by atoms with van der Waals surface area (Å²) in [5.74, 6) is 0.218. The summed E-state index contributed by atoms with van der Waals surface area (Å²) >= 11 is 0. The zero-order valence-electron chi connectivity index (χ0n) is 18.7. The average Bonchev–Trinajstić information content (AvgIpc) is 3.21. The van der Waals surface area contributed by atoms with Crippen LogP contribution in [-0.2, 0) is 19.4 Å². The molecule has 5 rings (SSSR count). The molecule has 1 saturated heterocycles. The van der Waals surface area contributed by atoms with Gasteiger partial charge in [-0.25, -0.2) is 9.78 Å². The van der Waals surface area contributed by atoms with Gasteiger partial charge in [-0.3, -0.25) is 9.59 Å². The van der Waals surface area contributed by atoms with Crippen molar-refractivity contribution in [2.75, 3.05) is 6.61 Å². The van der Waals surface area contributed by atoms with Crippen molar-refractivity contribution in [2.45, 2.75) is 77.6 Å². The van der Waals surface area contributed by atoms with Gasteiger partial charge in [0.15, 0.2) is 11.6 Å². The molecule has 1 heterocycles. The van der Waals surface area contributed by atoms with Crippen molar-refractivity contribution >= 4 is 11.6 Å². The molecular weight excluding hydrogens is 396 g/mol. The largest absolute Gasteiger partial charge is 0.393 e. The molecule has 3 saturated carbocycles. The van der Waals surface area contributed by atoms with Crippen molar-refractivity contribution in [2.24, 2.45) is 34.0 Å². The smallest absolute Gasteiger partial charge is 0.178 e. The molecule has 0 aromatic carbocycles. The van der Waals surface area contributed by atoms with E-state index in [0.717, 1.165) is 24.8 Å². The maximum absolute atomic E-state index is 13.4. The molecule has 0 spiro atoms. The first kappa shape index (κ1) is 21.5. The van der Waals surface area contributed by atoms with Gasteiger partial charge in [0.1, 0.15) is 18.8 Å². The predicted octanol–water partition coefficient (Wildman–Crippen LogP) is 2.92. The molecular formula is C25H34O6. The molecule has 9 atom stereocenters. The number of carbonyl (C=O) groups excluding carboxylic acids is 2. The highest BCUT2D eigenvalue weighted by Gasteiger charge is 2.76. The number of aliphatic hydroxyl groups is 2. The molecule has 0 bridgehead atoms. The molecule has 0 aromatic rings. The van der Waals surface area contributed by atoms with Crippen LogP contribution in [0.15, 0.2) is 23.8 Å². The minimum atomic E-state index is -0.927. The average molecular weight is 431 g/mol. The molecule has 6 nitrogen and oxygen atoms in total. The molecule has 5 aliphatic rings. The summed E-state index contributed by atoms with van der Waals surface area (Å²) in [6.45, 7) is 5.79. The van der Waals surface area contributed by atoms with E-state index in [4.69, 9.17) is 9.78 Å². The Kier molecular flexibility index (Phi) is 4.91. The van der Waals surface area contributed by atoms with Crippen molar-refractivity contribution in [3.05, 3.63) is 23.8 Å². The summed E-state index contributed by atoms with van der Waals surface area (Å²) in [5.41, 5.74) is -0.667. The van der Waals surface area contributed by atoms with Crippen LogP contribution >= 0.6 is 0 Å². The zero-order valence-corrected chi connectivity index (χ0v) is 18.7. The lowest BCUT2D eigenvalue weighted by atomic mass is 9.44. The fraction of sp³-hybridized carbons (Fsp3) is 0.760. The van der Waals surface area contributed by atoms with Crippen LogP contribution in [0.5, 0.6) is 0 Å². The number of allylic oxidation sites excluding steroid dienone is 4. The number of ketones is 2. The lowest BCUT2D eigenvalue weighted by Gasteiger charge is -2.60. The summed E-state index contributed by atoms with van der Waals surface area (Å²) in [7, 11) is 0. The molecule has 2 N–H and O–H groups in total. The van der Waals surface area contributed by atoms with Gasteiger partial charge in [-0.15, -0.1) is 0 Å². The minimum absolute atomic E-state index is 0.000531. The highest BCUT2D eigenvalue weighted by Crippen LogP contribution is 2.72. The first-order valence-electron chi connectivity index (χ1n) is 11.8. The maximum Gasteiger partial charge on any atom is 0.178 e. The van der Waals surface area contributed by atoms with Crippen molar-refractivity contribution in [1.82, 2.24) is 0 Å². The van der Waals surface area contributed by atoms with Gasteiger partial charge in [-0.2, -0.15) is 0 Å². The van der Waals surface area contributed by atoms with Gasteiger partial charge in [-0.1, -0.05) is 38.8 Å². The van der Waals surface area contributed by atoms with E-state index in [9.17, 15) is 19.8 Å². The first-order valence-corrected chi connectivity index (χ1v) is 11.8.